The summed E-state index contributed by atoms with van der Waals surface area (Å²) in [7, 11) is -10.9. The Morgan fingerprint density at radius 2 is 1.43 bits per heavy atom. The molecule has 5 aromatic carbocycles. The standard InChI is InChI=1S/C54H63N9O10S2Si/c1-54(2,3)76(5,6)73-43(32-55-53(66)67)33-56-74(68,69)47-28-27-46(60-30-15-20-40(34-60)29-31-62-51(64)44-21-13-14-22-45(44)52(62)65)48(50-57-59-63(58-50)37-41-23-25-42(72-4)26-24-41)49(47)75(70,71)61(35-38-16-9-7-10-17-38)36-39-18-11-8-12-19-39/h7-14,16-19,21-29,43,55-56H,15,20,30-37H2,1-6H3,(H,66,67). The minimum Gasteiger partial charge on any atom is -0.497 e. The fourth-order valence-electron chi connectivity index (χ4n) is 8.86. The highest BCUT2D eigenvalue weighted by Gasteiger charge is 2.42. The second kappa shape index (κ2) is 23.0. The van der Waals surface area contributed by atoms with Gasteiger partial charge >= 0.3 is 6.09 Å². The van der Waals surface area contributed by atoms with Gasteiger partial charge in [-0.3, -0.25) is 14.5 Å². The molecule has 1 aromatic heterocycles. The first kappa shape index (κ1) is 55.2. The Balaban J connectivity index is 1.29. The van der Waals surface area contributed by atoms with Crippen molar-refractivity contribution < 1.29 is 45.5 Å². The van der Waals surface area contributed by atoms with Gasteiger partial charge in [0.25, 0.3) is 11.8 Å². The summed E-state index contributed by atoms with van der Waals surface area (Å²) >= 11 is 0. The van der Waals surface area contributed by atoms with Crippen LogP contribution < -0.4 is 19.7 Å². The van der Waals surface area contributed by atoms with Crippen LogP contribution in [0, 0.1) is 0 Å². The summed E-state index contributed by atoms with van der Waals surface area (Å²) < 4.78 is 78.8. The smallest absolute Gasteiger partial charge is 0.404 e. The number of tetrazole rings is 1. The number of piperidine rings is 1. The number of fused-ring (bicyclic) bond motifs is 1. The van der Waals surface area contributed by atoms with Gasteiger partial charge in [-0.05, 0) is 89.3 Å². The van der Waals surface area contributed by atoms with Crippen molar-refractivity contribution in [3.05, 3.63) is 161 Å². The summed E-state index contributed by atoms with van der Waals surface area (Å²) in [5.74, 6) is -0.344. The van der Waals surface area contributed by atoms with Crippen molar-refractivity contribution in [2.45, 2.75) is 87.3 Å². The van der Waals surface area contributed by atoms with Gasteiger partial charge in [0, 0.05) is 51.5 Å². The fourth-order valence-corrected chi connectivity index (χ4v) is 13.7. The van der Waals surface area contributed by atoms with Gasteiger partial charge in [-0.1, -0.05) is 117 Å². The lowest BCUT2D eigenvalue weighted by molar-refractivity contribution is 0.0671. The molecule has 1 saturated heterocycles. The number of benzene rings is 5. The van der Waals surface area contributed by atoms with Crippen LogP contribution in [0.3, 0.4) is 0 Å². The molecule has 1 atom stereocenters. The number of nitrogens with zero attached hydrogens (tertiary/aromatic N) is 7. The maximum atomic E-state index is 16.2. The van der Waals surface area contributed by atoms with E-state index in [1.54, 1.807) is 92.0 Å². The molecule has 8 rings (SSSR count). The van der Waals surface area contributed by atoms with Crippen LogP contribution in [0.4, 0.5) is 10.5 Å². The second-order valence-electron chi connectivity index (χ2n) is 20.2. The molecule has 0 radical (unpaired) electrons. The van der Waals surface area contributed by atoms with Crippen LogP contribution in [-0.4, -0.2) is 124 Å². The molecular weight excluding hydrogens is 1030 g/mol. The van der Waals surface area contributed by atoms with Crippen LogP contribution in [0.25, 0.3) is 11.4 Å². The zero-order valence-corrected chi connectivity index (χ0v) is 46.0. The largest absolute Gasteiger partial charge is 0.497 e. The number of amides is 3. The van der Waals surface area contributed by atoms with Crippen LogP contribution in [0.5, 0.6) is 5.75 Å². The number of carbonyl (C=O) groups excluding carboxylic acids is 2. The first-order valence-electron chi connectivity index (χ1n) is 24.8. The van der Waals surface area contributed by atoms with E-state index in [1.807, 2.05) is 69.1 Å². The molecule has 1 unspecified atom stereocenters. The quantitative estimate of drug-likeness (QED) is 0.0359. The van der Waals surface area contributed by atoms with E-state index >= 15 is 16.8 Å². The van der Waals surface area contributed by atoms with Crippen molar-refractivity contribution in [2.75, 3.05) is 44.7 Å². The van der Waals surface area contributed by atoms with Crippen molar-refractivity contribution in [3.63, 3.8) is 0 Å². The van der Waals surface area contributed by atoms with Crippen LogP contribution in [0.1, 0.15) is 71.0 Å². The minimum absolute atomic E-state index is 0.00213. The predicted molar refractivity (Wildman–Crippen MR) is 289 cm³/mol. The van der Waals surface area contributed by atoms with Gasteiger partial charge in [-0.25, -0.2) is 26.4 Å². The predicted octanol–water partition coefficient (Wildman–Crippen LogP) is 7.55. The van der Waals surface area contributed by atoms with Gasteiger partial charge < -0.3 is 24.5 Å². The van der Waals surface area contributed by atoms with Gasteiger partial charge in [0.15, 0.2) is 8.32 Å². The van der Waals surface area contributed by atoms with Crippen LogP contribution in [0.2, 0.25) is 18.1 Å². The number of anilines is 1. The van der Waals surface area contributed by atoms with E-state index < -0.39 is 68.7 Å². The molecule has 1 fully saturated rings. The zero-order chi connectivity index (χ0) is 54.4. The second-order valence-corrected chi connectivity index (χ2v) is 28.6. The molecule has 0 spiro atoms. The highest BCUT2D eigenvalue weighted by Crippen LogP contribution is 2.43. The number of hydrogen-bond donors (Lipinski definition) is 3. The van der Waals surface area contributed by atoms with Crippen molar-refractivity contribution in [1.29, 1.82) is 0 Å². The van der Waals surface area contributed by atoms with Gasteiger partial charge in [-0.2, -0.15) is 9.10 Å². The zero-order valence-electron chi connectivity index (χ0n) is 43.3. The first-order valence-corrected chi connectivity index (χ1v) is 30.7. The van der Waals surface area contributed by atoms with Crippen molar-refractivity contribution >= 4 is 52.0 Å². The number of sulfonamides is 2. The van der Waals surface area contributed by atoms with Gasteiger partial charge in [-0.15, -0.1) is 10.2 Å². The Morgan fingerprint density at radius 3 is 2.01 bits per heavy atom. The normalized spacial score (nSPS) is 15.3. The molecule has 3 heterocycles. The van der Waals surface area contributed by atoms with E-state index in [0.29, 0.717) is 47.4 Å². The molecule has 2 aliphatic rings. The summed E-state index contributed by atoms with van der Waals surface area (Å²) in [5.41, 5.74) is 3.70. The Hall–Kier alpha value is -7.08. The average molecular weight is 1090 g/mol. The molecule has 6 aromatic rings. The summed E-state index contributed by atoms with van der Waals surface area (Å²) in [6, 6.07) is 34.6. The van der Waals surface area contributed by atoms with E-state index in [-0.39, 0.29) is 61.4 Å². The van der Waals surface area contributed by atoms with Crippen molar-refractivity contribution in [1.82, 2.24) is 39.5 Å². The number of carboxylic acid groups (broad SMARTS) is 1. The molecule has 22 heteroatoms. The van der Waals surface area contributed by atoms with E-state index in [1.165, 1.54) is 26.1 Å². The fraction of sp³-hybridized carbons (Fsp3) is 0.333. The van der Waals surface area contributed by atoms with Gasteiger partial charge in [0.1, 0.15) is 15.5 Å². The molecule has 3 N–H and O–H groups in total. The Labute approximate surface area is 444 Å². The summed E-state index contributed by atoms with van der Waals surface area (Å²) in [5, 5.41) is 25.3. The Morgan fingerprint density at radius 1 is 0.829 bits per heavy atom. The highest BCUT2D eigenvalue weighted by molar-refractivity contribution is 7.92. The lowest BCUT2D eigenvalue weighted by Crippen LogP contribution is -2.50. The summed E-state index contributed by atoms with van der Waals surface area (Å²) in [6.45, 7) is 9.61. The molecule has 2 aliphatic heterocycles. The molecule has 3 amide bonds. The summed E-state index contributed by atoms with van der Waals surface area (Å²) in [4.78, 5) is 41.7. The van der Waals surface area contributed by atoms with E-state index in [9.17, 15) is 19.5 Å². The highest BCUT2D eigenvalue weighted by atomic mass is 32.2. The Kier molecular flexibility index (Phi) is 16.7. The molecule has 19 nitrogen and oxygen atoms in total. The maximum Gasteiger partial charge on any atom is 0.404 e. The first-order chi connectivity index (χ1) is 36.1. The number of aromatic nitrogens is 4. The monoisotopic (exact) mass is 1090 g/mol. The topological polar surface area (TPSA) is 236 Å². The molecule has 400 valence electrons. The third-order valence-corrected chi connectivity index (χ3v) is 21.9. The van der Waals surface area contributed by atoms with Gasteiger partial charge in [0.2, 0.25) is 25.9 Å². The van der Waals surface area contributed by atoms with Crippen LogP contribution in [-0.2, 0) is 44.1 Å². The minimum atomic E-state index is -4.94. The average Bonchev–Trinajstić information content (AvgIpc) is 3.97. The van der Waals surface area contributed by atoms with E-state index in [2.05, 4.69) is 20.4 Å². The summed E-state index contributed by atoms with van der Waals surface area (Å²) in [6.07, 6.45) is 0.688. The Bertz CT molecular complexity index is 3260. The van der Waals surface area contributed by atoms with Crippen LogP contribution >= 0.6 is 0 Å². The van der Waals surface area contributed by atoms with E-state index in [0.717, 1.165) is 11.1 Å². The number of methoxy groups -OCH3 is 1. The van der Waals surface area contributed by atoms with Crippen molar-refractivity contribution in [3.8, 4) is 17.1 Å². The number of ether oxygens (including phenoxy) is 1. The third-order valence-electron chi connectivity index (χ3n) is 13.9. The number of carbonyl (C=O) groups is 3. The number of hydrogen-bond acceptors (Lipinski definition) is 13. The molecule has 76 heavy (non-hydrogen) atoms. The number of rotatable bonds is 21. The molecule has 0 bridgehead atoms. The van der Waals surface area contributed by atoms with Crippen molar-refractivity contribution in [2.24, 2.45) is 0 Å². The molecular formula is C54H63N9O10S2Si. The SMILES string of the molecule is COc1ccc(Cn2nnc(-c3c(N4CCCC(=CCN5C(=O)c6ccccc6C5=O)C4)ccc(S(=O)(=O)NCC(CNC(=O)O)O[Si](C)(C)C(C)(C)C)c3S(=O)(=O)N(Cc3ccccc3)Cc3ccccc3)n2)cc1. The number of imide groups is 1. The van der Waals surface area contributed by atoms with Crippen LogP contribution in [0.15, 0.2) is 143 Å². The third kappa shape index (κ3) is 12.6. The lowest BCUT2D eigenvalue weighted by Gasteiger charge is -2.39. The maximum absolute atomic E-state index is 16.2. The lowest BCUT2D eigenvalue weighted by atomic mass is 10.0. The molecule has 0 saturated carbocycles. The molecule has 0 aliphatic carbocycles. The van der Waals surface area contributed by atoms with Gasteiger partial charge in [0.05, 0.1) is 36.4 Å². The number of nitrogens with one attached hydrogen (secondary N) is 2. The van der Waals surface area contributed by atoms with E-state index in [4.69, 9.17) is 14.3 Å².